The van der Waals surface area contributed by atoms with Crippen LogP contribution in [0.2, 0.25) is 0 Å². The van der Waals surface area contributed by atoms with Gasteiger partial charge in [-0.25, -0.2) is 0 Å². The number of nitrogens with one attached hydrogen (secondary N) is 3. The van der Waals surface area contributed by atoms with Gasteiger partial charge in [-0.3, -0.25) is 4.99 Å². The fourth-order valence-electron chi connectivity index (χ4n) is 2.68. The molecule has 0 fully saturated rings. The molecule has 0 saturated carbocycles. The van der Waals surface area contributed by atoms with Crippen molar-refractivity contribution in [2.45, 2.75) is 26.3 Å². The molecule has 0 saturated heterocycles. The van der Waals surface area contributed by atoms with Crippen LogP contribution in [0.15, 0.2) is 29.4 Å². The fourth-order valence-corrected chi connectivity index (χ4v) is 2.68. The third-order valence-corrected chi connectivity index (χ3v) is 3.71. The van der Waals surface area contributed by atoms with Crippen LogP contribution in [0.25, 0.3) is 10.9 Å². The van der Waals surface area contributed by atoms with Crippen molar-refractivity contribution in [3.05, 3.63) is 35.5 Å². The molecule has 1 aromatic carbocycles. The van der Waals surface area contributed by atoms with Gasteiger partial charge in [-0.1, -0.05) is 12.1 Å². The summed E-state index contributed by atoms with van der Waals surface area (Å²) in [6, 6.07) is 6.58. The van der Waals surface area contributed by atoms with Crippen LogP contribution in [0.4, 0.5) is 0 Å². The zero-order valence-electron chi connectivity index (χ0n) is 14.3. The Morgan fingerprint density at radius 2 is 2.17 bits per heavy atom. The molecule has 0 spiro atoms. The number of aromatic amines is 1. The van der Waals surface area contributed by atoms with Crippen molar-refractivity contribution in [3.8, 4) is 0 Å². The van der Waals surface area contributed by atoms with Crippen LogP contribution >= 0.6 is 24.0 Å². The number of guanidine groups is 1. The van der Waals surface area contributed by atoms with E-state index in [0.717, 1.165) is 18.9 Å². The largest absolute Gasteiger partial charge is 0.383 e. The van der Waals surface area contributed by atoms with Crippen LogP contribution in [-0.4, -0.2) is 44.3 Å². The molecule has 0 amide bonds. The normalized spacial score (nSPS) is 12.8. The van der Waals surface area contributed by atoms with E-state index in [2.05, 4.69) is 58.9 Å². The zero-order valence-corrected chi connectivity index (χ0v) is 16.6. The van der Waals surface area contributed by atoms with Gasteiger partial charge in [0, 0.05) is 43.8 Å². The standard InChI is InChI=1S/C17H26N4O.HI/c1-12-6-5-7-15-16(12)14(10-20-15)8-9-19-17(18-3)21-13(2)11-22-4;/h5-7,10,13,20H,8-9,11H2,1-4H3,(H2,18,19,21);1H. The molecule has 6 heteroatoms. The number of rotatable bonds is 6. The van der Waals surface area contributed by atoms with E-state index in [1.54, 1.807) is 14.2 Å². The first-order valence-corrected chi connectivity index (χ1v) is 7.67. The molecule has 2 rings (SSSR count). The van der Waals surface area contributed by atoms with Crippen molar-refractivity contribution >= 4 is 40.8 Å². The maximum Gasteiger partial charge on any atom is 0.191 e. The number of aromatic nitrogens is 1. The van der Waals surface area contributed by atoms with E-state index in [0.29, 0.717) is 6.61 Å². The highest BCUT2D eigenvalue weighted by molar-refractivity contribution is 14.0. The highest BCUT2D eigenvalue weighted by Crippen LogP contribution is 2.22. The minimum Gasteiger partial charge on any atom is -0.383 e. The van der Waals surface area contributed by atoms with Crippen LogP contribution in [0.1, 0.15) is 18.1 Å². The van der Waals surface area contributed by atoms with Crippen molar-refractivity contribution in [1.82, 2.24) is 15.6 Å². The zero-order chi connectivity index (χ0) is 15.9. The van der Waals surface area contributed by atoms with Crippen LogP contribution in [0.3, 0.4) is 0 Å². The minimum atomic E-state index is 0. The molecule has 5 nitrogen and oxygen atoms in total. The van der Waals surface area contributed by atoms with Gasteiger partial charge in [0.1, 0.15) is 0 Å². The number of fused-ring (bicyclic) bond motifs is 1. The van der Waals surface area contributed by atoms with Gasteiger partial charge in [0.05, 0.1) is 6.61 Å². The summed E-state index contributed by atoms with van der Waals surface area (Å²) in [6.07, 6.45) is 3.05. The molecule has 1 aromatic heterocycles. The number of hydrogen-bond donors (Lipinski definition) is 3. The topological polar surface area (TPSA) is 61.4 Å². The molecule has 0 aliphatic rings. The maximum atomic E-state index is 5.12. The lowest BCUT2D eigenvalue weighted by Gasteiger charge is -2.17. The summed E-state index contributed by atoms with van der Waals surface area (Å²) in [7, 11) is 3.48. The summed E-state index contributed by atoms with van der Waals surface area (Å²) in [6.45, 7) is 5.71. The predicted octanol–water partition coefficient (Wildman–Crippen LogP) is 2.84. The Hall–Kier alpha value is -1.28. The molecule has 0 aliphatic heterocycles. The van der Waals surface area contributed by atoms with Crippen LogP contribution < -0.4 is 10.6 Å². The smallest absolute Gasteiger partial charge is 0.191 e. The first kappa shape index (κ1) is 19.8. The first-order chi connectivity index (χ1) is 10.7. The molecule has 23 heavy (non-hydrogen) atoms. The van der Waals surface area contributed by atoms with Crippen molar-refractivity contribution < 1.29 is 4.74 Å². The van der Waals surface area contributed by atoms with E-state index in [9.17, 15) is 0 Å². The van der Waals surface area contributed by atoms with Gasteiger partial charge in [0.25, 0.3) is 0 Å². The average Bonchev–Trinajstić information content (AvgIpc) is 2.91. The molecule has 2 aromatic rings. The highest BCUT2D eigenvalue weighted by atomic mass is 127. The van der Waals surface area contributed by atoms with Gasteiger partial charge >= 0.3 is 0 Å². The monoisotopic (exact) mass is 430 g/mol. The Bertz CT molecular complexity index is 639. The predicted molar refractivity (Wildman–Crippen MR) is 108 cm³/mol. The summed E-state index contributed by atoms with van der Waals surface area (Å²) >= 11 is 0. The van der Waals surface area contributed by atoms with Gasteiger partial charge in [0.15, 0.2) is 5.96 Å². The van der Waals surface area contributed by atoms with Gasteiger partial charge < -0.3 is 20.4 Å². The van der Waals surface area contributed by atoms with Crippen molar-refractivity contribution in [1.29, 1.82) is 0 Å². The van der Waals surface area contributed by atoms with Crippen LogP contribution in [-0.2, 0) is 11.2 Å². The average molecular weight is 430 g/mol. The van der Waals surface area contributed by atoms with Crippen molar-refractivity contribution in [2.24, 2.45) is 4.99 Å². The third-order valence-electron chi connectivity index (χ3n) is 3.71. The number of aryl methyl sites for hydroxylation is 1. The lowest BCUT2D eigenvalue weighted by atomic mass is 10.1. The summed E-state index contributed by atoms with van der Waals surface area (Å²) in [5.74, 6) is 0.807. The molecule has 128 valence electrons. The molecule has 0 bridgehead atoms. The second-order valence-corrected chi connectivity index (χ2v) is 5.56. The molecular formula is C17H27IN4O. The number of H-pyrrole nitrogens is 1. The number of ether oxygens (including phenoxy) is 1. The van der Waals surface area contributed by atoms with E-state index in [1.165, 1.54) is 22.0 Å². The molecule has 0 radical (unpaired) electrons. The van der Waals surface area contributed by atoms with Crippen LogP contribution in [0, 0.1) is 6.92 Å². The van der Waals surface area contributed by atoms with Gasteiger partial charge in [-0.05, 0) is 37.5 Å². The van der Waals surface area contributed by atoms with Crippen molar-refractivity contribution in [3.63, 3.8) is 0 Å². The van der Waals surface area contributed by atoms with Crippen LogP contribution in [0.5, 0.6) is 0 Å². The first-order valence-electron chi connectivity index (χ1n) is 7.67. The number of methoxy groups -OCH3 is 1. The fraction of sp³-hybridized carbons (Fsp3) is 0.471. The van der Waals surface area contributed by atoms with Gasteiger partial charge in [-0.2, -0.15) is 0 Å². The van der Waals surface area contributed by atoms with E-state index in [-0.39, 0.29) is 30.0 Å². The second-order valence-electron chi connectivity index (χ2n) is 5.56. The summed E-state index contributed by atoms with van der Waals surface area (Å²) < 4.78 is 5.12. The Balaban J connectivity index is 0.00000264. The number of aliphatic imine (C=N–C) groups is 1. The van der Waals surface area contributed by atoms with E-state index in [1.807, 2.05) is 0 Å². The van der Waals surface area contributed by atoms with Gasteiger partial charge in [-0.15, -0.1) is 24.0 Å². The highest BCUT2D eigenvalue weighted by Gasteiger charge is 2.07. The number of halogens is 1. The number of hydrogen-bond acceptors (Lipinski definition) is 2. The Morgan fingerprint density at radius 3 is 2.87 bits per heavy atom. The van der Waals surface area contributed by atoms with Gasteiger partial charge in [0.2, 0.25) is 0 Å². The maximum absolute atomic E-state index is 5.12. The summed E-state index contributed by atoms with van der Waals surface area (Å²) in [4.78, 5) is 7.58. The second kappa shape index (κ2) is 9.77. The third kappa shape index (κ3) is 5.39. The molecule has 3 N–H and O–H groups in total. The molecule has 0 aliphatic carbocycles. The SMILES string of the molecule is CN=C(NCCc1c[nH]c2cccc(C)c12)NC(C)COC.I. The lowest BCUT2D eigenvalue weighted by Crippen LogP contribution is -2.44. The number of nitrogens with zero attached hydrogens (tertiary/aromatic N) is 1. The Labute approximate surface area is 155 Å². The van der Waals surface area contributed by atoms with E-state index < -0.39 is 0 Å². The lowest BCUT2D eigenvalue weighted by molar-refractivity contribution is 0.179. The Kier molecular flexibility index (Phi) is 8.40. The molecular weight excluding hydrogens is 403 g/mol. The quantitative estimate of drug-likeness (QED) is 0.375. The molecule has 1 heterocycles. The molecule has 1 atom stereocenters. The summed E-state index contributed by atoms with van der Waals surface area (Å²) in [5, 5.41) is 7.99. The van der Waals surface area contributed by atoms with E-state index >= 15 is 0 Å². The Morgan fingerprint density at radius 1 is 1.39 bits per heavy atom. The summed E-state index contributed by atoms with van der Waals surface area (Å²) in [5.41, 5.74) is 3.84. The minimum absolute atomic E-state index is 0. The number of benzene rings is 1. The van der Waals surface area contributed by atoms with Crippen molar-refractivity contribution in [2.75, 3.05) is 27.3 Å². The molecule has 1 unspecified atom stereocenters. The van der Waals surface area contributed by atoms with E-state index in [4.69, 9.17) is 4.74 Å².